The zero-order valence-corrected chi connectivity index (χ0v) is 20.9. The summed E-state index contributed by atoms with van der Waals surface area (Å²) in [5, 5.41) is 27.4. The Labute approximate surface area is 213 Å². The number of nitrogens with two attached hydrogens (primary N) is 2. The van der Waals surface area contributed by atoms with E-state index in [4.69, 9.17) is 11.5 Å². The van der Waals surface area contributed by atoms with Gasteiger partial charge in [0.15, 0.2) is 0 Å². The maximum absolute atomic E-state index is 13.1. The summed E-state index contributed by atoms with van der Waals surface area (Å²) in [6, 6.07) is 1.88. The van der Waals surface area contributed by atoms with Crippen LogP contribution in [0.1, 0.15) is 32.8 Å². The van der Waals surface area contributed by atoms with Crippen molar-refractivity contribution in [2.45, 2.75) is 63.9 Å². The molecular weight excluding hydrogens is 484 g/mol. The molecule has 0 saturated carbocycles. The molecule has 2 rings (SSSR count). The Hall–Kier alpha value is -3.97. The van der Waals surface area contributed by atoms with Crippen LogP contribution in [0.3, 0.4) is 0 Å². The second-order valence-corrected chi connectivity index (χ2v) is 9.19. The van der Waals surface area contributed by atoms with Crippen molar-refractivity contribution in [1.82, 2.24) is 20.9 Å². The number of amides is 4. The van der Waals surface area contributed by atoms with Crippen LogP contribution in [0, 0.1) is 5.92 Å². The fourth-order valence-electron chi connectivity index (χ4n) is 3.62. The van der Waals surface area contributed by atoms with Gasteiger partial charge in [-0.1, -0.05) is 32.0 Å². The number of aliphatic hydroxyl groups is 1. The molecular formula is C24H34N6O7. The number of aliphatic hydroxyl groups excluding tert-OH is 1. The molecule has 0 aliphatic rings. The fourth-order valence-corrected chi connectivity index (χ4v) is 3.62. The van der Waals surface area contributed by atoms with E-state index in [1.165, 1.54) is 6.92 Å². The molecule has 0 radical (unpaired) electrons. The summed E-state index contributed by atoms with van der Waals surface area (Å²) in [7, 11) is 0. The summed E-state index contributed by atoms with van der Waals surface area (Å²) in [5.41, 5.74) is 12.3. The lowest BCUT2D eigenvalue weighted by atomic mass is 10.0. The monoisotopic (exact) mass is 518 g/mol. The molecule has 0 bridgehead atoms. The first kappa shape index (κ1) is 29.3. The molecule has 1 aromatic heterocycles. The number of fused-ring (bicyclic) bond motifs is 1. The molecule has 2 aromatic rings. The minimum atomic E-state index is -1.62. The summed E-state index contributed by atoms with van der Waals surface area (Å²) in [6.07, 6.45) is -0.433. The van der Waals surface area contributed by atoms with Crippen molar-refractivity contribution in [2.24, 2.45) is 17.4 Å². The largest absolute Gasteiger partial charge is 0.480 e. The Balaban J connectivity index is 2.33. The third-order valence-corrected chi connectivity index (χ3v) is 5.84. The minimum absolute atomic E-state index is 0.0729. The molecule has 5 atom stereocenters. The molecule has 202 valence electrons. The number of para-hydroxylation sites is 1. The highest BCUT2D eigenvalue weighted by atomic mass is 16.4. The van der Waals surface area contributed by atoms with Crippen LogP contribution >= 0.6 is 0 Å². The molecule has 37 heavy (non-hydrogen) atoms. The average Bonchev–Trinajstić information content (AvgIpc) is 3.22. The number of benzene rings is 1. The second kappa shape index (κ2) is 12.8. The zero-order valence-electron chi connectivity index (χ0n) is 20.9. The molecule has 0 fully saturated rings. The van der Waals surface area contributed by atoms with E-state index in [0.717, 1.165) is 10.9 Å². The molecule has 13 heteroatoms. The molecule has 0 aliphatic carbocycles. The highest BCUT2D eigenvalue weighted by Gasteiger charge is 2.33. The van der Waals surface area contributed by atoms with Gasteiger partial charge in [0.05, 0.1) is 18.6 Å². The summed E-state index contributed by atoms with van der Waals surface area (Å²) < 4.78 is 0. The van der Waals surface area contributed by atoms with E-state index >= 15 is 0 Å². The van der Waals surface area contributed by atoms with Crippen molar-refractivity contribution < 1.29 is 34.2 Å². The van der Waals surface area contributed by atoms with Crippen molar-refractivity contribution >= 4 is 40.5 Å². The van der Waals surface area contributed by atoms with Crippen molar-refractivity contribution in [3.63, 3.8) is 0 Å². The van der Waals surface area contributed by atoms with Crippen LogP contribution in [-0.4, -0.2) is 75.1 Å². The van der Waals surface area contributed by atoms with Crippen LogP contribution < -0.4 is 27.4 Å². The SMILES string of the molecule is CC(C)C(N)C(=O)NC(C(=O)NC(Cc1c[nH]c2ccccc12)C(=O)NC(CC(N)=O)C(=O)O)C(C)O. The van der Waals surface area contributed by atoms with E-state index in [2.05, 4.69) is 20.9 Å². The van der Waals surface area contributed by atoms with Gasteiger partial charge in [-0.15, -0.1) is 0 Å². The Kier molecular flexibility index (Phi) is 10.1. The Morgan fingerprint density at radius 1 is 0.946 bits per heavy atom. The Morgan fingerprint density at radius 2 is 1.57 bits per heavy atom. The van der Waals surface area contributed by atoms with Gasteiger partial charge in [0.2, 0.25) is 23.6 Å². The standard InChI is InChI=1S/C24H34N6O7/c1-11(2)19(26)22(34)30-20(12(3)31)23(35)28-16(21(33)29-17(24(36)37)9-18(25)32)8-13-10-27-15-7-5-4-6-14(13)15/h4-7,10-12,16-17,19-20,27,31H,8-9,26H2,1-3H3,(H2,25,32)(H,28,35)(H,29,33)(H,30,34)(H,36,37). The van der Waals surface area contributed by atoms with Crippen molar-refractivity contribution in [2.75, 3.05) is 0 Å². The molecule has 1 aromatic carbocycles. The van der Waals surface area contributed by atoms with Gasteiger partial charge in [-0.3, -0.25) is 19.2 Å². The summed E-state index contributed by atoms with van der Waals surface area (Å²) in [4.78, 5) is 64.5. The number of aliphatic carboxylic acids is 1. The number of hydrogen-bond donors (Lipinski definition) is 8. The number of carboxylic acid groups (broad SMARTS) is 1. The normalized spacial score (nSPS) is 15.3. The van der Waals surface area contributed by atoms with Gasteiger partial charge in [-0.05, 0) is 24.5 Å². The summed E-state index contributed by atoms with van der Waals surface area (Å²) in [6.45, 7) is 4.72. The topological polar surface area (TPSA) is 230 Å². The number of nitrogens with one attached hydrogen (secondary N) is 4. The second-order valence-electron chi connectivity index (χ2n) is 9.19. The highest BCUT2D eigenvalue weighted by molar-refractivity contribution is 5.95. The molecule has 0 spiro atoms. The van der Waals surface area contributed by atoms with Crippen LogP contribution in [0.15, 0.2) is 30.5 Å². The first-order chi connectivity index (χ1) is 17.3. The number of hydrogen-bond acceptors (Lipinski definition) is 7. The molecule has 0 saturated heterocycles. The maximum Gasteiger partial charge on any atom is 0.326 e. The van der Waals surface area contributed by atoms with E-state index in [1.54, 1.807) is 32.2 Å². The quantitative estimate of drug-likeness (QED) is 0.155. The molecule has 0 aliphatic heterocycles. The molecule has 4 amide bonds. The summed E-state index contributed by atoms with van der Waals surface area (Å²) >= 11 is 0. The van der Waals surface area contributed by atoms with Gasteiger partial charge in [0.25, 0.3) is 0 Å². The summed E-state index contributed by atoms with van der Waals surface area (Å²) in [5.74, 6) is -5.12. The number of carbonyl (C=O) groups is 5. The van der Waals surface area contributed by atoms with Crippen LogP contribution in [0.5, 0.6) is 0 Å². The van der Waals surface area contributed by atoms with Crippen molar-refractivity contribution in [1.29, 1.82) is 0 Å². The number of H-pyrrole nitrogens is 1. The van der Waals surface area contributed by atoms with E-state index < -0.39 is 66.3 Å². The van der Waals surface area contributed by atoms with Gasteiger partial charge in [-0.25, -0.2) is 4.79 Å². The first-order valence-corrected chi connectivity index (χ1v) is 11.7. The lowest BCUT2D eigenvalue weighted by molar-refractivity contribution is -0.143. The van der Waals surface area contributed by atoms with E-state index in [0.29, 0.717) is 5.56 Å². The van der Waals surface area contributed by atoms with E-state index in [9.17, 15) is 34.2 Å². The van der Waals surface area contributed by atoms with E-state index in [1.807, 2.05) is 12.1 Å². The molecule has 5 unspecified atom stereocenters. The minimum Gasteiger partial charge on any atom is -0.480 e. The number of aromatic amines is 1. The average molecular weight is 519 g/mol. The Bertz CT molecular complexity index is 1150. The number of carbonyl (C=O) groups excluding carboxylic acids is 4. The first-order valence-electron chi connectivity index (χ1n) is 11.7. The van der Waals surface area contributed by atoms with Crippen LogP contribution in [0.25, 0.3) is 10.9 Å². The highest BCUT2D eigenvalue weighted by Crippen LogP contribution is 2.19. The molecule has 10 N–H and O–H groups in total. The van der Waals surface area contributed by atoms with Crippen molar-refractivity contribution in [3.05, 3.63) is 36.0 Å². The molecule has 13 nitrogen and oxygen atoms in total. The Morgan fingerprint density at radius 3 is 2.14 bits per heavy atom. The van der Waals surface area contributed by atoms with Gasteiger partial charge >= 0.3 is 5.97 Å². The number of rotatable bonds is 13. The predicted molar refractivity (Wildman–Crippen MR) is 134 cm³/mol. The predicted octanol–water partition coefficient (Wildman–Crippen LogP) is -1.51. The van der Waals surface area contributed by atoms with Gasteiger partial charge < -0.3 is 42.6 Å². The van der Waals surface area contributed by atoms with Crippen molar-refractivity contribution in [3.8, 4) is 0 Å². The number of carboxylic acids is 1. The zero-order chi connectivity index (χ0) is 27.9. The van der Waals surface area contributed by atoms with Gasteiger partial charge in [-0.2, -0.15) is 0 Å². The number of primary amides is 1. The van der Waals surface area contributed by atoms with Crippen LogP contribution in [0.2, 0.25) is 0 Å². The fraction of sp³-hybridized carbons (Fsp3) is 0.458. The van der Waals surface area contributed by atoms with Gasteiger partial charge in [0.1, 0.15) is 18.1 Å². The van der Waals surface area contributed by atoms with Crippen LogP contribution in [0.4, 0.5) is 0 Å². The lowest BCUT2D eigenvalue weighted by Gasteiger charge is -2.27. The number of aromatic nitrogens is 1. The van der Waals surface area contributed by atoms with Crippen LogP contribution in [-0.2, 0) is 30.4 Å². The van der Waals surface area contributed by atoms with E-state index in [-0.39, 0.29) is 12.3 Å². The third-order valence-electron chi connectivity index (χ3n) is 5.84. The molecule has 1 heterocycles. The third kappa shape index (κ3) is 8.02. The maximum atomic E-state index is 13.1. The lowest BCUT2D eigenvalue weighted by Crippen LogP contribution is -2.60. The smallest absolute Gasteiger partial charge is 0.326 e. The van der Waals surface area contributed by atoms with Gasteiger partial charge in [0, 0.05) is 23.5 Å².